The Labute approximate surface area is 122 Å². The van der Waals surface area contributed by atoms with Crippen LogP contribution < -0.4 is 5.73 Å². The smallest absolute Gasteiger partial charge is 0.204 e. The van der Waals surface area contributed by atoms with Crippen LogP contribution in [0, 0.1) is 0 Å². The normalized spacial score (nSPS) is 12.6. The van der Waals surface area contributed by atoms with Crippen molar-refractivity contribution in [3.05, 3.63) is 41.4 Å². The summed E-state index contributed by atoms with van der Waals surface area (Å²) in [6.07, 6.45) is 2.73. The van der Waals surface area contributed by atoms with Crippen LogP contribution in [-0.4, -0.2) is 16.8 Å². The van der Waals surface area contributed by atoms with Crippen LogP contribution in [0.15, 0.2) is 34.9 Å². The molecule has 0 fully saturated rings. The fraction of sp³-hybridized carbons (Fsp3) is 0.357. The average Bonchev–Trinajstić information content (AvgIpc) is 2.87. The first-order chi connectivity index (χ1) is 9.19. The maximum absolute atomic E-state index is 5.96. The zero-order valence-electron chi connectivity index (χ0n) is 10.8. The Morgan fingerprint density at radius 2 is 2.32 bits per heavy atom. The van der Waals surface area contributed by atoms with Crippen molar-refractivity contribution in [2.45, 2.75) is 25.1 Å². The molecular formula is C14H17ClN2OS. The number of aromatic nitrogens is 1. The largest absolute Gasteiger partial charge is 0.440 e. The van der Waals surface area contributed by atoms with Gasteiger partial charge in [-0.3, -0.25) is 0 Å². The summed E-state index contributed by atoms with van der Waals surface area (Å²) >= 11 is 7.70. The van der Waals surface area contributed by atoms with Gasteiger partial charge < -0.3 is 10.2 Å². The summed E-state index contributed by atoms with van der Waals surface area (Å²) in [5, 5.41) is 0.693. The lowest BCUT2D eigenvalue weighted by atomic mass is 10.2. The number of oxazole rings is 1. The molecule has 2 N–H and O–H groups in total. The van der Waals surface area contributed by atoms with Crippen molar-refractivity contribution in [3.63, 3.8) is 0 Å². The van der Waals surface area contributed by atoms with E-state index in [4.69, 9.17) is 21.8 Å². The second-order valence-electron chi connectivity index (χ2n) is 4.31. The highest BCUT2D eigenvalue weighted by molar-refractivity contribution is 7.98. The van der Waals surface area contributed by atoms with Gasteiger partial charge in [-0.1, -0.05) is 30.7 Å². The second-order valence-corrected chi connectivity index (χ2v) is 5.78. The predicted octanol–water partition coefficient (Wildman–Crippen LogP) is 3.97. The van der Waals surface area contributed by atoms with Crippen molar-refractivity contribution in [2.24, 2.45) is 5.73 Å². The van der Waals surface area contributed by atoms with Crippen LogP contribution in [0.5, 0.6) is 0 Å². The van der Waals surface area contributed by atoms with E-state index in [1.807, 2.05) is 24.3 Å². The minimum absolute atomic E-state index is 0.243. The van der Waals surface area contributed by atoms with Crippen LogP contribution in [0.4, 0.5) is 0 Å². The lowest BCUT2D eigenvalue weighted by Gasteiger charge is -2.05. The topological polar surface area (TPSA) is 52.0 Å². The summed E-state index contributed by atoms with van der Waals surface area (Å²) in [4.78, 5) is 4.27. The van der Waals surface area contributed by atoms with Crippen molar-refractivity contribution >= 4 is 23.4 Å². The number of benzene rings is 1. The molecule has 1 heterocycles. The molecule has 3 nitrogen and oxygen atoms in total. The number of hydrogen-bond donors (Lipinski definition) is 1. The highest BCUT2D eigenvalue weighted by Crippen LogP contribution is 2.24. The van der Waals surface area contributed by atoms with E-state index < -0.39 is 0 Å². The van der Waals surface area contributed by atoms with Gasteiger partial charge in [0.2, 0.25) is 5.89 Å². The lowest BCUT2D eigenvalue weighted by molar-refractivity contribution is 0.530. The molecular weight excluding hydrogens is 280 g/mol. The van der Waals surface area contributed by atoms with Gasteiger partial charge in [0, 0.05) is 22.4 Å². The quantitative estimate of drug-likeness (QED) is 0.876. The van der Waals surface area contributed by atoms with Crippen molar-refractivity contribution < 1.29 is 4.42 Å². The van der Waals surface area contributed by atoms with E-state index in [1.54, 1.807) is 18.0 Å². The van der Waals surface area contributed by atoms with E-state index in [0.29, 0.717) is 5.02 Å². The third-order valence-electron chi connectivity index (χ3n) is 2.74. The Balaban J connectivity index is 1.95. The minimum atomic E-state index is 0.243. The summed E-state index contributed by atoms with van der Waals surface area (Å²) in [5.41, 5.74) is 6.81. The zero-order chi connectivity index (χ0) is 13.7. The SMILES string of the molecule is CCC(N)CSCc1ncc(-c2cccc(Cl)c2)o1. The first-order valence-corrected chi connectivity index (χ1v) is 7.76. The molecule has 2 rings (SSSR count). The summed E-state index contributed by atoms with van der Waals surface area (Å²) < 4.78 is 5.71. The minimum Gasteiger partial charge on any atom is -0.440 e. The molecule has 1 aromatic carbocycles. The van der Waals surface area contributed by atoms with Crippen LogP contribution in [0.3, 0.4) is 0 Å². The Kier molecular flexibility index (Phi) is 5.31. The third-order valence-corrected chi connectivity index (χ3v) is 4.09. The van der Waals surface area contributed by atoms with Crippen LogP contribution in [0.1, 0.15) is 19.2 Å². The van der Waals surface area contributed by atoms with E-state index in [9.17, 15) is 0 Å². The Hall–Kier alpha value is -0.970. The lowest BCUT2D eigenvalue weighted by Crippen LogP contribution is -2.21. The molecule has 19 heavy (non-hydrogen) atoms. The Morgan fingerprint density at radius 3 is 3.05 bits per heavy atom. The summed E-state index contributed by atoms with van der Waals surface area (Å²) in [6, 6.07) is 7.80. The molecule has 0 saturated carbocycles. The van der Waals surface area contributed by atoms with Crippen molar-refractivity contribution in [1.82, 2.24) is 4.98 Å². The molecule has 0 saturated heterocycles. The number of halogens is 1. The van der Waals surface area contributed by atoms with E-state index >= 15 is 0 Å². The molecule has 0 aliphatic rings. The van der Waals surface area contributed by atoms with Gasteiger partial charge in [-0.15, -0.1) is 0 Å². The highest BCUT2D eigenvalue weighted by atomic mass is 35.5. The van der Waals surface area contributed by atoms with Gasteiger partial charge in [0.15, 0.2) is 5.76 Å². The van der Waals surface area contributed by atoms with Crippen LogP contribution in [-0.2, 0) is 5.75 Å². The molecule has 5 heteroatoms. The van der Waals surface area contributed by atoms with Gasteiger partial charge in [-0.05, 0) is 18.6 Å². The Bertz CT molecular complexity index is 530. The molecule has 1 unspecified atom stereocenters. The molecule has 0 amide bonds. The maximum atomic E-state index is 5.96. The molecule has 0 aliphatic carbocycles. The number of nitrogens with two attached hydrogens (primary N) is 1. The fourth-order valence-corrected chi connectivity index (χ4v) is 2.72. The van der Waals surface area contributed by atoms with Gasteiger partial charge in [0.1, 0.15) is 0 Å². The molecule has 1 atom stereocenters. The molecule has 0 aliphatic heterocycles. The third kappa shape index (κ3) is 4.27. The van der Waals surface area contributed by atoms with Crippen molar-refractivity contribution in [2.75, 3.05) is 5.75 Å². The van der Waals surface area contributed by atoms with E-state index in [2.05, 4.69) is 11.9 Å². The number of thioether (sulfide) groups is 1. The maximum Gasteiger partial charge on any atom is 0.204 e. The molecule has 1 aromatic heterocycles. The zero-order valence-corrected chi connectivity index (χ0v) is 12.4. The van der Waals surface area contributed by atoms with Gasteiger partial charge in [-0.25, -0.2) is 4.98 Å². The summed E-state index contributed by atoms with van der Waals surface area (Å²) in [7, 11) is 0. The molecule has 0 spiro atoms. The fourth-order valence-electron chi connectivity index (χ4n) is 1.57. The van der Waals surface area contributed by atoms with E-state index in [-0.39, 0.29) is 6.04 Å². The molecule has 102 valence electrons. The van der Waals surface area contributed by atoms with Gasteiger partial charge in [0.05, 0.1) is 11.9 Å². The van der Waals surface area contributed by atoms with Crippen LogP contribution >= 0.6 is 23.4 Å². The number of hydrogen-bond acceptors (Lipinski definition) is 4. The van der Waals surface area contributed by atoms with E-state index in [0.717, 1.165) is 35.1 Å². The second kappa shape index (κ2) is 6.98. The average molecular weight is 297 g/mol. The predicted molar refractivity (Wildman–Crippen MR) is 81.4 cm³/mol. The molecule has 0 bridgehead atoms. The van der Waals surface area contributed by atoms with Gasteiger partial charge >= 0.3 is 0 Å². The van der Waals surface area contributed by atoms with Crippen LogP contribution in [0.2, 0.25) is 5.02 Å². The number of rotatable bonds is 6. The van der Waals surface area contributed by atoms with Crippen molar-refractivity contribution in [3.8, 4) is 11.3 Å². The van der Waals surface area contributed by atoms with E-state index in [1.165, 1.54) is 0 Å². The molecule has 2 aromatic rings. The first kappa shape index (κ1) is 14.4. The van der Waals surface area contributed by atoms with Gasteiger partial charge in [-0.2, -0.15) is 11.8 Å². The van der Waals surface area contributed by atoms with Crippen molar-refractivity contribution in [1.29, 1.82) is 0 Å². The monoisotopic (exact) mass is 296 g/mol. The van der Waals surface area contributed by atoms with Crippen LogP contribution in [0.25, 0.3) is 11.3 Å². The summed E-state index contributed by atoms with van der Waals surface area (Å²) in [6.45, 7) is 2.09. The first-order valence-electron chi connectivity index (χ1n) is 6.23. The van der Waals surface area contributed by atoms with Gasteiger partial charge in [0.25, 0.3) is 0 Å². The molecule has 0 radical (unpaired) electrons. The standard InChI is InChI=1S/C14H17ClN2OS/c1-2-12(16)8-19-9-14-17-7-13(18-14)10-4-3-5-11(15)6-10/h3-7,12H,2,8-9,16H2,1H3. The highest BCUT2D eigenvalue weighted by Gasteiger charge is 2.07. The Morgan fingerprint density at radius 1 is 1.47 bits per heavy atom. The number of nitrogens with zero attached hydrogens (tertiary/aromatic N) is 1. The summed E-state index contributed by atoms with van der Waals surface area (Å²) in [5.74, 6) is 3.14.